The topological polar surface area (TPSA) is 67.3 Å². The zero-order valence-corrected chi connectivity index (χ0v) is 15.8. The van der Waals surface area contributed by atoms with Crippen LogP contribution in [0.25, 0.3) is 10.9 Å². The Bertz CT molecular complexity index is 1110. The molecule has 5 heteroatoms. The minimum Gasteiger partial charge on any atom is -0.505 e. The van der Waals surface area contributed by atoms with Crippen molar-refractivity contribution in [3.05, 3.63) is 89.9 Å². The van der Waals surface area contributed by atoms with Crippen LogP contribution in [0.15, 0.2) is 73.1 Å². The number of anilines is 1. The van der Waals surface area contributed by atoms with E-state index in [1.54, 1.807) is 19.5 Å². The summed E-state index contributed by atoms with van der Waals surface area (Å²) >= 11 is 0. The number of rotatable bonds is 5. The third-order valence-electron chi connectivity index (χ3n) is 4.73. The van der Waals surface area contributed by atoms with E-state index in [4.69, 9.17) is 4.74 Å². The molecule has 0 unspecified atom stereocenters. The maximum absolute atomic E-state index is 11.0. The predicted octanol–water partition coefficient (Wildman–Crippen LogP) is 4.85. The minimum atomic E-state index is -0.372. The fraction of sp³-hybridized carbons (Fsp3) is 0.130. The van der Waals surface area contributed by atoms with Crippen LogP contribution in [-0.2, 0) is 0 Å². The number of aryl methyl sites for hydroxylation is 1. The first kappa shape index (κ1) is 17.8. The molecule has 0 aliphatic carbocycles. The lowest BCUT2D eigenvalue weighted by atomic mass is 9.99. The van der Waals surface area contributed by atoms with Gasteiger partial charge in [-0.3, -0.25) is 9.97 Å². The van der Waals surface area contributed by atoms with Crippen molar-refractivity contribution in [1.82, 2.24) is 9.97 Å². The molecule has 5 nitrogen and oxygen atoms in total. The van der Waals surface area contributed by atoms with Crippen molar-refractivity contribution in [1.29, 1.82) is 0 Å². The molecule has 0 saturated carbocycles. The number of hydrogen-bond acceptors (Lipinski definition) is 5. The van der Waals surface area contributed by atoms with E-state index in [1.165, 1.54) is 0 Å². The Morgan fingerprint density at radius 2 is 1.82 bits per heavy atom. The number of pyridine rings is 2. The summed E-state index contributed by atoms with van der Waals surface area (Å²) < 4.78 is 5.52. The molecule has 0 radical (unpaired) electrons. The van der Waals surface area contributed by atoms with Gasteiger partial charge in [-0.1, -0.05) is 30.3 Å². The van der Waals surface area contributed by atoms with Crippen LogP contribution in [0.4, 0.5) is 5.69 Å². The third kappa shape index (κ3) is 3.34. The summed E-state index contributed by atoms with van der Waals surface area (Å²) in [5.41, 5.74) is 4.00. The van der Waals surface area contributed by atoms with E-state index < -0.39 is 0 Å². The molecule has 28 heavy (non-hydrogen) atoms. The highest BCUT2D eigenvalue weighted by molar-refractivity contribution is 5.86. The molecule has 2 aromatic carbocycles. The first-order valence-corrected chi connectivity index (χ1v) is 9.06. The third-order valence-corrected chi connectivity index (χ3v) is 4.73. The Labute approximate surface area is 163 Å². The summed E-state index contributed by atoms with van der Waals surface area (Å²) in [4.78, 5) is 8.87. The Morgan fingerprint density at radius 3 is 2.61 bits per heavy atom. The molecule has 2 N–H and O–H groups in total. The van der Waals surface area contributed by atoms with Crippen molar-refractivity contribution in [2.24, 2.45) is 0 Å². The lowest BCUT2D eigenvalue weighted by Crippen LogP contribution is -2.15. The monoisotopic (exact) mass is 371 g/mol. The van der Waals surface area contributed by atoms with Gasteiger partial charge in [0.25, 0.3) is 0 Å². The number of benzene rings is 2. The molecule has 4 aromatic rings. The number of ether oxygens (including phenoxy) is 1. The fourth-order valence-corrected chi connectivity index (χ4v) is 3.33. The molecule has 0 spiro atoms. The molecule has 4 rings (SSSR count). The molecule has 0 aliphatic heterocycles. The number of nitrogens with zero attached hydrogens (tertiary/aromatic N) is 2. The van der Waals surface area contributed by atoms with Gasteiger partial charge in [0.05, 0.1) is 24.5 Å². The number of fused-ring (bicyclic) bond motifs is 1. The Morgan fingerprint density at radius 1 is 0.964 bits per heavy atom. The van der Waals surface area contributed by atoms with E-state index >= 15 is 0 Å². The highest BCUT2D eigenvalue weighted by Crippen LogP contribution is 2.37. The summed E-state index contributed by atoms with van der Waals surface area (Å²) in [5, 5.41) is 15.4. The molecular formula is C23H21N3O2. The van der Waals surface area contributed by atoms with Gasteiger partial charge < -0.3 is 15.2 Å². The largest absolute Gasteiger partial charge is 0.505 e. The highest BCUT2D eigenvalue weighted by Gasteiger charge is 2.22. The molecule has 140 valence electrons. The Hall–Kier alpha value is -3.60. The molecule has 1 atom stereocenters. The summed E-state index contributed by atoms with van der Waals surface area (Å²) in [6.45, 7) is 2.03. The van der Waals surface area contributed by atoms with Crippen LogP contribution in [0.5, 0.6) is 11.5 Å². The average molecular weight is 371 g/mol. The number of phenols is 1. The molecule has 2 aromatic heterocycles. The number of aromatic nitrogens is 2. The summed E-state index contributed by atoms with van der Waals surface area (Å²) in [7, 11) is 1.64. The van der Waals surface area contributed by atoms with Crippen molar-refractivity contribution in [2.75, 3.05) is 12.4 Å². The van der Waals surface area contributed by atoms with Crippen LogP contribution in [-0.4, -0.2) is 22.2 Å². The molecule has 0 aliphatic rings. The highest BCUT2D eigenvalue weighted by atomic mass is 16.5. The van der Waals surface area contributed by atoms with Gasteiger partial charge in [0, 0.05) is 23.3 Å². The van der Waals surface area contributed by atoms with E-state index in [2.05, 4.69) is 15.3 Å². The molecular weight excluding hydrogens is 350 g/mol. The van der Waals surface area contributed by atoms with Crippen LogP contribution in [0.2, 0.25) is 0 Å². The minimum absolute atomic E-state index is 0.146. The molecule has 2 heterocycles. The summed E-state index contributed by atoms with van der Waals surface area (Å²) in [5.74, 6) is 0.873. The van der Waals surface area contributed by atoms with Crippen molar-refractivity contribution < 1.29 is 9.84 Å². The second kappa shape index (κ2) is 7.56. The van der Waals surface area contributed by atoms with E-state index in [1.807, 2.05) is 67.6 Å². The van der Waals surface area contributed by atoms with Crippen LogP contribution < -0.4 is 10.1 Å². The quantitative estimate of drug-likeness (QED) is 0.525. The molecule has 0 saturated heterocycles. The normalized spacial score (nSPS) is 11.9. The van der Waals surface area contributed by atoms with Crippen LogP contribution >= 0.6 is 0 Å². The van der Waals surface area contributed by atoms with Gasteiger partial charge >= 0.3 is 0 Å². The van der Waals surface area contributed by atoms with Crippen molar-refractivity contribution in [2.45, 2.75) is 13.0 Å². The number of methoxy groups -OCH3 is 1. The van der Waals surface area contributed by atoms with Crippen molar-refractivity contribution in [3.8, 4) is 11.5 Å². The maximum atomic E-state index is 11.0. The van der Waals surface area contributed by atoms with E-state index in [9.17, 15) is 5.11 Å². The second-order valence-electron chi connectivity index (χ2n) is 6.61. The standard InChI is InChI=1S/C23H21N3O2/c1-15-8-11-20(28-2)19(14-15)26-22(18-7-3-4-12-24-18)17-10-9-16-6-5-13-25-21(16)23(17)27/h3-14,22,26-27H,1-2H3/t22-/m0/s1. The SMILES string of the molecule is COc1ccc(C)cc1N[C@H](c1ccccn1)c1ccc2cccnc2c1O. The van der Waals surface area contributed by atoms with Gasteiger partial charge in [-0.2, -0.15) is 0 Å². The molecule has 0 fully saturated rings. The fourth-order valence-electron chi connectivity index (χ4n) is 3.33. The van der Waals surface area contributed by atoms with Crippen molar-refractivity contribution >= 4 is 16.6 Å². The molecule has 0 bridgehead atoms. The van der Waals surface area contributed by atoms with Gasteiger partial charge in [-0.05, 0) is 42.8 Å². The summed E-state index contributed by atoms with van der Waals surface area (Å²) in [6.07, 6.45) is 3.42. The first-order valence-electron chi connectivity index (χ1n) is 9.06. The van der Waals surface area contributed by atoms with Gasteiger partial charge in [-0.15, -0.1) is 0 Å². The number of nitrogens with one attached hydrogen (secondary N) is 1. The van der Waals surface area contributed by atoms with Gasteiger partial charge in [0.15, 0.2) is 0 Å². The Kier molecular flexibility index (Phi) is 4.81. The number of phenolic OH excluding ortho intramolecular Hbond substituents is 1. The predicted molar refractivity (Wildman–Crippen MR) is 111 cm³/mol. The van der Waals surface area contributed by atoms with E-state index in [0.29, 0.717) is 11.1 Å². The maximum Gasteiger partial charge on any atom is 0.147 e. The first-order chi connectivity index (χ1) is 13.7. The number of aromatic hydroxyl groups is 1. The zero-order valence-electron chi connectivity index (χ0n) is 15.8. The zero-order chi connectivity index (χ0) is 19.5. The summed E-state index contributed by atoms with van der Waals surface area (Å²) in [6, 6.07) is 19.0. The van der Waals surface area contributed by atoms with E-state index in [-0.39, 0.29) is 11.8 Å². The Balaban J connectivity index is 1.86. The smallest absolute Gasteiger partial charge is 0.147 e. The molecule has 0 amide bonds. The second-order valence-corrected chi connectivity index (χ2v) is 6.61. The van der Waals surface area contributed by atoms with Gasteiger partial charge in [0.1, 0.15) is 17.0 Å². The lowest BCUT2D eigenvalue weighted by molar-refractivity contribution is 0.416. The average Bonchev–Trinajstić information content (AvgIpc) is 2.74. The van der Waals surface area contributed by atoms with Crippen molar-refractivity contribution in [3.63, 3.8) is 0 Å². The van der Waals surface area contributed by atoms with Gasteiger partial charge in [0.2, 0.25) is 0 Å². The lowest BCUT2D eigenvalue weighted by Gasteiger charge is -2.23. The van der Waals surface area contributed by atoms with Crippen LogP contribution in [0.3, 0.4) is 0 Å². The van der Waals surface area contributed by atoms with Crippen LogP contribution in [0, 0.1) is 6.92 Å². The number of hydrogen-bond donors (Lipinski definition) is 2. The van der Waals surface area contributed by atoms with E-state index in [0.717, 1.165) is 28.1 Å². The van der Waals surface area contributed by atoms with Gasteiger partial charge in [-0.25, -0.2) is 0 Å². The van der Waals surface area contributed by atoms with Crippen LogP contribution in [0.1, 0.15) is 22.9 Å².